The van der Waals surface area contributed by atoms with Gasteiger partial charge in [0.05, 0.1) is 5.69 Å². The molecule has 0 aliphatic heterocycles. The van der Waals surface area contributed by atoms with Gasteiger partial charge in [-0.15, -0.1) is 0 Å². The highest BCUT2D eigenvalue weighted by Gasteiger charge is 1.91. The van der Waals surface area contributed by atoms with Crippen LogP contribution in [0.1, 0.15) is 5.69 Å². The van der Waals surface area contributed by atoms with Crippen molar-refractivity contribution in [2.75, 3.05) is 0 Å². The Labute approximate surface area is 49.9 Å². The predicted octanol–water partition coefficient (Wildman–Crippen LogP) is -0.478. The van der Waals surface area contributed by atoms with Gasteiger partial charge < -0.3 is 0 Å². The van der Waals surface area contributed by atoms with Crippen LogP contribution in [0.15, 0.2) is 6.07 Å². The fourth-order valence-corrected chi connectivity index (χ4v) is 0.631. The molecule has 0 saturated carbocycles. The maximum Gasteiger partial charge on any atom is 0.141 e. The molecule has 2 radical (unpaired) electrons. The topological polar surface area (TPSA) is 17.8 Å². The van der Waals surface area contributed by atoms with Crippen molar-refractivity contribution >= 4 is 13.4 Å². The van der Waals surface area contributed by atoms with Crippen LogP contribution >= 0.6 is 0 Å². The van der Waals surface area contributed by atoms with Crippen LogP contribution in [0.2, 0.25) is 0 Å². The molecular formula is C5H7BN2. The second-order valence-corrected chi connectivity index (χ2v) is 1.83. The van der Waals surface area contributed by atoms with Gasteiger partial charge in [-0.25, -0.2) is 0 Å². The molecule has 0 bridgehead atoms. The van der Waals surface area contributed by atoms with E-state index in [4.69, 9.17) is 7.85 Å². The minimum atomic E-state index is 0.711. The van der Waals surface area contributed by atoms with E-state index in [1.165, 1.54) is 0 Å². The monoisotopic (exact) mass is 106 g/mol. The third-order valence-electron chi connectivity index (χ3n) is 1.04. The third kappa shape index (κ3) is 0.758. The molecule has 1 rings (SSSR count). The second-order valence-electron chi connectivity index (χ2n) is 1.83. The highest BCUT2D eigenvalue weighted by Crippen LogP contribution is 1.83. The van der Waals surface area contributed by atoms with Crippen LogP contribution in [0.25, 0.3) is 0 Å². The summed E-state index contributed by atoms with van der Waals surface area (Å²) < 4.78 is 1.65. The summed E-state index contributed by atoms with van der Waals surface area (Å²) in [7, 11) is 7.26. The molecule has 0 atom stereocenters. The Morgan fingerprint density at radius 3 is 2.50 bits per heavy atom. The van der Waals surface area contributed by atoms with E-state index in [-0.39, 0.29) is 0 Å². The van der Waals surface area contributed by atoms with Crippen LogP contribution in [0.3, 0.4) is 0 Å². The van der Waals surface area contributed by atoms with Gasteiger partial charge in [0, 0.05) is 7.05 Å². The van der Waals surface area contributed by atoms with E-state index in [9.17, 15) is 0 Å². The molecule has 8 heavy (non-hydrogen) atoms. The minimum Gasteiger partial charge on any atom is -0.283 e. The zero-order chi connectivity index (χ0) is 6.15. The number of nitrogens with zero attached hydrogens (tertiary/aromatic N) is 2. The van der Waals surface area contributed by atoms with E-state index in [0.717, 1.165) is 5.69 Å². The van der Waals surface area contributed by atoms with Gasteiger partial charge in [-0.05, 0) is 18.6 Å². The molecule has 3 heteroatoms. The fourth-order valence-electron chi connectivity index (χ4n) is 0.631. The summed E-state index contributed by atoms with van der Waals surface area (Å²) in [5, 5.41) is 4.00. The highest BCUT2D eigenvalue weighted by atomic mass is 15.3. The zero-order valence-corrected chi connectivity index (χ0v) is 5.05. The fraction of sp³-hybridized carbons (Fsp3) is 0.400. The van der Waals surface area contributed by atoms with E-state index >= 15 is 0 Å². The molecule has 0 unspecified atom stereocenters. The molecule has 0 N–H and O–H groups in total. The van der Waals surface area contributed by atoms with Gasteiger partial charge >= 0.3 is 0 Å². The average Bonchev–Trinajstić information content (AvgIpc) is 1.85. The average molecular weight is 106 g/mol. The summed E-state index contributed by atoms with van der Waals surface area (Å²) >= 11 is 0. The van der Waals surface area contributed by atoms with Crippen LogP contribution in [-0.4, -0.2) is 17.6 Å². The molecule has 0 aromatic carbocycles. The molecule has 2 nitrogen and oxygen atoms in total. The quantitative estimate of drug-likeness (QED) is 0.408. The molecule has 0 spiro atoms. The molecule has 1 aromatic rings. The Morgan fingerprint density at radius 2 is 2.38 bits per heavy atom. The van der Waals surface area contributed by atoms with Crippen molar-refractivity contribution in [1.29, 1.82) is 0 Å². The summed E-state index contributed by atoms with van der Waals surface area (Å²) in [4.78, 5) is 0. The smallest absolute Gasteiger partial charge is 0.141 e. The molecule has 1 aromatic heterocycles. The second kappa shape index (κ2) is 1.65. The van der Waals surface area contributed by atoms with Gasteiger partial charge in [0.2, 0.25) is 0 Å². The van der Waals surface area contributed by atoms with Gasteiger partial charge in [0.15, 0.2) is 0 Å². The van der Waals surface area contributed by atoms with Crippen LogP contribution in [0, 0.1) is 6.92 Å². The Balaban J connectivity index is 3.14. The number of hydrogen-bond acceptors (Lipinski definition) is 1. The molecule has 0 saturated heterocycles. The lowest BCUT2D eigenvalue weighted by Crippen LogP contribution is -2.13. The lowest BCUT2D eigenvalue weighted by atomic mass is 10.1. The number of aryl methyl sites for hydroxylation is 2. The first-order chi connectivity index (χ1) is 3.70. The summed E-state index contributed by atoms with van der Waals surface area (Å²) in [5.74, 6) is 0. The van der Waals surface area contributed by atoms with Crippen molar-refractivity contribution < 1.29 is 0 Å². The van der Waals surface area contributed by atoms with E-state index in [0.29, 0.717) is 5.59 Å². The Kier molecular flexibility index (Phi) is 1.12. The standard InChI is InChI=1S/C5H7BN2/c1-4-3-5(6)8(2)7-4/h3H,1-2H3. The van der Waals surface area contributed by atoms with Gasteiger partial charge in [0.25, 0.3) is 0 Å². The molecule has 0 aliphatic rings. The van der Waals surface area contributed by atoms with Crippen molar-refractivity contribution in [2.45, 2.75) is 6.92 Å². The minimum absolute atomic E-state index is 0.711. The SMILES string of the molecule is [B]c1cc(C)nn1C. The maximum atomic E-state index is 5.44. The van der Waals surface area contributed by atoms with Crippen LogP contribution in [-0.2, 0) is 7.05 Å². The first-order valence-electron chi connectivity index (χ1n) is 2.46. The predicted molar refractivity (Wildman–Crippen MR) is 33.3 cm³/mol. The van der Waals surface area contributed by atoms with Crippen LogP contribution in [0.4, 0.5) is 0 Å². The highest BCUT2D eigenvalue weighted by molar-refractivity contribution is 6.30. The van der Waals surface area contributed by atoms with E-state index in [1.807, 2.05) is 20.0 Å². The number of hydrogen-bond donors (Lipinski definition) is 0. The van der Waals surface area contributed by atoms with Gasteiger partial charge in [-0.3, -0.25) is 4.68 Å². The van der Waals surface area contributed by atoms with Gasteiger partial charge in [-0.1, -0.05) is 0 Å². The first kappa shape index (κ1) is 5.41. The van der Waals surface area contributed by atoms with Crippen molar-refractivity contribution in [3.63, 3.8) is 0 Å². The van der Waals surface area contributed by atoms with Crippen molar-refractivity contribution in [3.8, 4) is 0 Å². The molecular weight excluding hydrogens is 98.9 g/mol. The lowest BCUT2D eigenvalue weighted by Gasteiger charge is -1.88. The Bertz CT molecular complexity index is 173. The van der Waals surface area contributed by atoms with Crippen LogP contribution in [0.5, 0.6) is 0 Å². The van der Waals surface area contributed by atoms with Gasteiger partial charge in [-0.2, -0.15) is 5.10 Å². The maximum absolute atomic E-state index is 5.44. The first-order valence-corrected chi connectivity index (χ1v) is 2.46. The van der Waals surface area contributed by atoms with Crippen LogP contribution < -0.4 is 5.59 Å². The van der Waals surface area contributed by atoms with E-state index in [1.54, 1.807) is 4.68 Å². The van der Waals surface area contributed by atoms with Gasteiger partial charge in [0.1, 0.15) is 7.85 Å². The summed E-state index contributed by atoms with van der Waals surface area (Å²) in [6.45, 7) is 1.91. The molecule has 0 aliphatic carbocycles. The normalized spacial score (nSPS) is 9.75. The van der Waals surface area contributed by atoms with Crippen molar-refractivity contribution in [3.05, 3.63) is 11.8 Å². The molecule has 0 amide bonds. The lowest BCUT2D eigenvalue weighted by molar-refractivity contribution is 0.776. The van der Waals surface area contributed by atoms with E-state index < -0.39 is 0 Å². The van der Waals surface area contributed by atoms with Crippen molar-refractivity contribution in [2.24, 2.45) is 7.05 Å². The molecule has 0 fully saturated rings. The van der Waals surface area contributed by atoms with E-state index in [2.05, 4.69) is 5.10 Å². The summed E-state index contributed by atoms with van der Waals surface area (Å²) in [6, 6.07) is 1.83. The largest absolute Gasteiger partial charge is 0.283 e. The Morgan fingerprint density at radius 1 is 1.75 bits per heavy atom. The summed E-state index contributed by atoms with van der Waals surface area (Å²) in [5.41, 5.74) is 1.67. The Hall–Kier alpha value is -0.725. The number of rotatable bonds is 0. The van der Waals surface area contributed by atoms with Crippen molar-refractivity contribution in [1.82, 2.24) is 9.78 Å². The molecule has 40 valence electrons. The number of aromatic nitrogens is 2. The zero-order valence-electron chi connectivity index (χ0n) is 5.05. The molecule has 1 heterocycles. The summed E-state index contributed by atoms with van der Waals surface area (Å²) in [6.07, 6.45) is 0. The third-order valence-corrected chi connectivity index (χ3v) is 1.04.